The highest BCUT2D eigenvalue weighted by Gasteiger charge is 2.13. The van der Waals surface area contributed by atoms with Crippen LogP contribution < -0.4 is 10.2 Å². The van der Waals surface area contributed by atoms with Crippen LogP contribution in [0.4, 0.5) is 16.2 Å². The monoisotopic (exact) mass is 249 g/mol. The fourth-order valence-corrected chi connectivity index (χ4v) is 1.40. The highest BCUT2D eigenvalue weighted by atomic mass is 16.2. The number of carbonyl (C=O) groups excluding carboxylic acids is 2. The summed E-state index contributed by atoms with van der Waals surface area (Å²) in [6, 6.07) is 7.02. The molecule has 0 saturated carbocycles. The number of hydrogen-bond donors (Lipinski definition) is 1. The lowest BCUT2D eigenvalue weighted by Crippen LogP contribution is -2.32. The van der Waals surface area contributed by atoms with Gasteiger partial charge in [-0.3, -0.25) is 4.79 Å². The molecule has 0 aromatic heterocycles. The standard InChI is InChI=1S/C13H19N3O2/c1-5-15(3)13(18)14-11-8-6-7-9-12(11)16(4)10(2)17/h6-9H,5H2,1-4H3,(H,14,18). The number of rotatable bonds is 3. The van der Waals surface area contributed by atoms with Crippen molar-refractivity contribution in [2.24, 2.45) is 0 Å². The smallest absolute Gasteiger partial charge is 0.321 e. The predicted molar refractivity (Wildman–Crippen MR) is 72.8 cm³/mol. The van der Waals surface area contributed by atoms with Gasteiger partial charge in [0.25, 0.3) is 0 Å². The summed E-state index contributed by atoms with van der Waals surface area (Å²) in [7, 11) is 3.39. The van der Waals surface area contributed by atoms with Crippen molar-refractivity contribution in [1.82, 2.24) is 4.90 Å². The molecular weight excluding hydrogens is 230 g/mol. The van der Waals surface area contributed by atoms with Crippen molar-refractivity contribution in [3.05, 3.63) is 24.3 Å². The van der Waals surface area contributed by atoms with E-state index in [4.69, 9.17) is 0 Å². The lowest BCUT2D eigenvalue weighted by atomic mass is 10.2. The van der Waals surface area contributed by atoms with E-state index in [-0.39, 0.29) is 11.9 Å². The van der Waals surface area contributed by atoms with Gasteiger partial charge in [0, 0.05) is 27.6 Å². The number of anilines is 2. The van der Waals surface area contributed by atoms with Crippen LogP contribution in [-0.4, -0.2) is 37.5 Å². The summed E-state index contributed by atoms with van der Waals surface area (Å²) in [5, 5.41) is 2.79. The van der Waals surface area contributed by atoms with Crippen molar-refractivity contribution < 1.29 is 9.59 Å². The molecule has 98 valence electrons. The average molecular weight is 249 g/mol. The molecule has 0 heterocycles. The van der Waals surface area contributed by atoms with Gasteiger partial charge >= 0.3 is 6.03 Å². The van der Waals surface area contributed by atoms with Crippen LogP contribution in [0.2, 0.25) is 0 Å². The summed E-state index contributed by atoms with van der Waals surface area (Å²) in [6.45, 7) is 4.00. The molecule has 3 amide bonds. The van der Waals surface area contributed by atoms with Gasteiger partial charge in [-0.2, -0.15) is 0 Å². The summed E-state index contributed by atoms with van der Waals surface area (Å²) in [4.78, 5) is 26.2. The van der Waals surface area contributed by atoms with Gasteiger partial charge in [0.05, 0.1) is 11.4 Å². The van der Waals surface area contributed by atoms with Crippen molar-refractivity contribution in [2.75, 3.05) is 30.9 Å². The number of nitrogens with zero attached hydrogens (tertiary/aromatic N) is 2. The normalized spacial score (nSPS) is 9.78. The second-order valence-electron chi connectivity index (χ2n) is 4.04. The predicted octanol–water partition coefficient (Wildman–Crippen LogP) is 2.15. The molecule has 0 radical (unpaired) electrons. The molecule has 0 aliphatic carbocycles. The average Bonchev–Trinajstić information content (AvgIpc) is 2.37. The van der Waals surface area contributed by atoms with Crippen LogP contribution in [0.15, 0.2) is 24.3 Å². The van der Waals surface area contributed by atoms with E-state index >= 15 is 0 Å². The molecule has 1 aromatic rings. The minimum Gasteiger partial charge on any atom is -0.328 e. The zero-order valence-electron chi connectivity index (χ0n) is 11.2. The zero-order valence-corrected chi connectivity index (χ0v) is 11.2. The Morgan fingerprint density at radius 2 is 1.83 bits per heavy atom. The first-order valence-electron chi connectivity index (χ1n) is 5.82. The molecule has 0 saturated heterocycles. The number of hydrogen-bond acceptors (Lipinski definition) is 2. The summed E-state index contributed by atoms with van der Waals surface area (Å²) in [6.07, 6.45) is 0. The molecule has 0 bridgehead atoms. The van der Waals surface area contributed by atoms with Crippen molar-refractivity contribution in [3.8, 4) is 0 Å². The van der Waals surface area contributed by atoms with E-state index in [1.807, 2.05) is 19.1 Å². The van der Waals surface area contributed by atoms with Crippen LogP contribution in [0.5, 0.6) is 0 Å². The number of amides is 3. The Morgan fingerprint density at radius 1 is 1.22 bits per heavy atom. The summed E-state index contributed by atoms with van der Waals surface area (Å²) < 4.78 is 0. The van der Waals surface area contributed by atoms with Crippen LogP contribution in [0.1, 0.15) is 13.8 Å². The Balaban J connectivity index is 2.96. The van der Waals surface area contributed by atoms with E-state index in [2.05, 4.69) is 5.32 Å². The largest absolute Gasteiger partial charge is 0.328 e. The number of benzene rings is 1. The maximum absolute atomic E-state index is 11.8. The maximum Gasteiger partial charge on any atom is 0.321 e. The van der Waals surface area contributed by atoms with Crippen molar-refractivity contribution in [1.29, 1.82) is 0 Å². The molecule has 0 unspecified atom stereocenters. The number of nitrogens with one attached hydrogen (secondary N) is 1. The lowest BCUT2D eigenvalue weighted by Gasteiger charge is -2.21. The molecule has 1 rings (SSSR count). The third-order valence-electron chi connectivity index (χ3n) is 2.80. The molecule has 0 spiro atoms. The van der Waals surface area contributed by atoms with Gasteiger partial charge in [-0.05, 0) is 19.1 Å². The fourth-order valence-electron chi connectivity index (χ4n) is 1.40. The summed E-state index contributed by atoms with van der Waals surface area (Å²) >= 11 is 0. The van der Waals surface area contributed by atoms with E-state index in [9.17, 15) is 9.59 Å². The fraction of sp³-hybridized carbons (Fsp3) is 0.385. The third kappa shape index (κ3) is 3.23. The van der Waals surface area contributed by atoms with Crippen LogP contribution in [0.3, 0.4) is 0 Å². The molecule has 18 heavy (non-hydrogen) atoms. The first kappa shape index (κ1) is 14.0. The van der Waals surface area contributed by atoms with Gasteiger partial charge in [-0.25, -0.2) is 4.79 Å². The third-order valence-corrected chi connectivity index (χ3v) is 2.80. The van der Waals surface area contributed by atoms with Gasteiger partial charge in [-0.1, -0.05) is 12.1 Å². The van der Waals surface area contributed by atoms with Gasteiger partial charge < -0.3 is 15.1 Å². The Labute approximate surface area is 107 Å². The quantitative estimate of drug-likeness (QED) is 0.892. The molecule has 0 atom stereocenters. The summed E-state index contributed by atoms with van der Waals surface area (Å²) in [5.41, 5.74) is 1.31. The first-order valence-corrected chi connectivity index (χ1v) is 5.82. The molecule has 1 N–H and O–H groups in total. The minimum absolute atomic E-state index is 0.0828. The lowest BCUT2D eigenvalue weighted by molar-refractivity contribution is -0.116. The minimum atomic E-state index is -0.193. The molecular formula is C13H19N3O2. The van der Waals surface area contributed by atoms with Gasteiger partial charge in [0.15, 0.2) is 0 Å². The Morgan fingerprint density at radius 3 is 2.39 bits per heavy atom. The second-order valence-corrected chi connectivity index (χ2v) is 4.04. The maximum atomic E-state index is 11.8. The van der Waals surface area contributed by atoms with Crippen molar-refractivity contribution in [3.63, 3.8) is 0 Å². The Kier molecular flexibility index (Phi) is 4.71. The van der Waals surface area contributed by atoms with Gasteiger partial charge in [0.2, 0.25) is 5.91 Å². The molecule has 0 aliphatic rings. The molecule has 0 aliphatic heterocycles. The highest BCUT2D eigenvalue weighted by molar-refractivity contribution is 5.99. The van der Waals surface area contributed by atoms with Crippen LogP contribution in [-0.2, 0) is 4.79 Å². The Hall–Kier alpha value is -2.04. The van der Waals surface area contributed by atoms with E-state index in [1.165, 1.54) is 11.8 Å². The van der Waals surface area contributed by atoms with Crippen molar-refractivity contribution >= 4 is 23.3 Å². The van der Waals surface area contributed by atoms with Gasteiger partial charge in [-0.15, -0.1) is 0 Å². The van der Waals surface area contributed by atoms with Crippen molar-refractivity contribution in [2.45, 2.75) is 13.8 Å². The van der Waals surface area contributed by atoms with Crippen LogP contribution in [0, 0.1) is 0 Å². The Bertz CT molecular complexity index is 446. The van der Waals surface area contributed by atoms with E-state index < -0.39 is 0 Å². The molecule has 5 nitrogen and oxygen atoms in total. The van der Waals surface area contributed by atoms with E-state index in [1.54, 1.807) is 31.1 Å². The topological polar surface area (TPSA) is 52.7 Å². The molecule has 1 aromatic carbocycles. The second kappa shape index (κ2) is 6.05. The van der Waals surface area contributed by atoms with E-state index in [0.717, 1.165) is 0 Å². The van der Waals surface area contributed by atoms with Crippen LogP contribution >= 0.6 is 0 Å². The highest BCUT2D eigenvalue weighted by Crippen LogP contribution is 2.24. The molecule has 5 heteroatoms. The number of carbonyl (C=O) groups is 2. The first-order chi connectivity index (χ1) is 8.47. The number of para-hydroxylation sites is 2. The number of urea groups is 1. The van der Waals surface area contributed by atoms with Gasteiger partial charge in [0.1, 0.15) is 0 Å². The molecule has 0 fully saturated rings. The van der Waals surface area contributed by atoms with E-state index in [0.29, 0.717) is 17.9 Å². The van der Waals surface area contributed by atoms with Crippen LogP contribution in [0.25, 0.3) is 0 Å². The summed E-state index contributed by atoms with van der Waals surface area (Å²) in [5.74, 6) is -0.0828. The zero-order chi connectivity index (χ0) is 13.7. The SMILES string of the molecule is CCN(C)C(=O)Nc1ccccc1N(C)C(C)=O.